The molecule has 0 saturated heterocycles. The van der Waals surface area contributed by atoms with E-state index in [0.29, 0.717) is 140 Å². The molecule has 0 aliphatic rings. The Morgan fingerprint density at radius 1 is 0.333 bits per heavy atom. The summed E-state index contributed by atoms with van der Waals surface area (Å²) in [5, 5.41) is 15.6. The van der Waals surface area contributed by atoms with Crippen molar-refractivity contribution in [3.63, 3.8) is 0 Å². The lowest BCUT2D eigenvalue weighted by molar-refractivity contribution is -0.145. The zero-order chi connectivity index (χ0) is 99.5. The van der Waals surface area contributed by atoms with E-state index in [1.54, 1.807) is 26.0 Å². The maximum Gasteiger partial charge on any atom is 0.406 e. The van der Waals surface area contributed by atoms with Crippen LogP contribution in [-0.4, -0.2) is 270 Å². The average Bonchev–Trinajstić information content (AvgIpc) is 0.965. The molecule has 0 spiro atoms. The summed E-state index contributed by atoms with van der Waals surface area (Å²) < 4.78 is 72.4. The van der Waals surface area contributed by atoms with Crippen LogP contribution in [0.2, 0.25) is 0 Å². The summed E-state index contributed by atoms with van der Waals surface area (Å²) in [6.07, 6.45) is 20.4. The van der Waals surface area contributed by atoms with Crippen LogP contribution in [0.15, 0.2) is 0 Å². The molecule has 7 atom stereocenters. The molecule has 0 aliphatic heterocycles. The standard InChI is InChI=1S/C21H43NO4S.C17H33NO3.C10H18N2O6.C10H21NO2.C10H22O.C9H18O2.C7H16O.C6H13NO2.C4H10O.C3H6O2.CH4/c1-6-18(4)14-24-16-20(17-25-15-19(5)7-2)26-11-9-12-27-13-10-21(23)22-8-3;1-4-9-16(19)10-11-17(20)18-12-7-6-8-13-21-14-15(3)5-2;1-7(13)4-16-8(5-17-9(14)11-2)6-18-10(15)12-3;1-4-9(3)8-13-7-6-11-10(12)5-2;1-4-6-7-8-11-9-10(3)5-2;1-4-6-9(10)11-7-8(3)5-2;1-4-7(3)6-8-5-2;1-3-6(8)7-4-5-9-2;1-3-4-5-2;1-3(4)5-2;/h18-20H,6-17H2,1-5H3,(H,22,23);15H,4-14H2,1-3H3,(H,18,20);8H,4-6H2,1-3H3,(H,11,14)(H,12,15);9H,4-8H2,1-3H3,(H,11,12);10H,4-9H2,1-3H3;8H,4-7H2,1-3H3;7H,4-6H2,1-3H3;3-5H2,1-2H3,(H,7,8);3-4H2,1-2H3;1-2H3;1H4. The van der Waals surface area contributed by atoms with Gasteiger partial charge in [0.05, 0.1) is 40.1 Å². The summed E-state index contributed by atoms with van der Waals surface area (Å²) in [6.45, 7) is 63.6. The zero-order valence-corrected chi connectivity index (χ0v) is 87.9. The van der Waals surface area contributed by atoms with Gasteiger partial charge in [-0.15, -0.1) is 0 Å². The molecule has 0 fully saturated rings. The largest absolute Gasteiger partial charge is 0.469 e. The van der Waals surface area contributed by atoms with Crippen molar-refractivity contribution in [2.75, 3.05) is 199 Å². The van der Waals surface area contributed by atoms with Crippen molar-refractivity contribution < 1.29 is 114 Å². The van der Waals surface area contributed by atoms with Crippen LogP contribution in [0.4, 0.5) is 9.59 Å². The molecule has 7 unspecified atom stereocenters. The van der Waals surface area contributed by atoms with Crippen molar-refractivity contribution in [1.29, 1.82) is 0 Å². The summed E-state index contributed by atoms with van der Waals surface area (Å²) in [5.41, 5.74) is 0. The Hall–Kier alpha value is -5.35. The number of methoxy groups -OCH3 is 3. The second-order valence-electron chi connectivity index (χ2n) is 31.5. The third-order valence-corrected chi connectivity index (χ3v) is 19.4. The van der Waals surface area contributed by atoms with E-state index in [4.69, 9.17) is 61.6 Å². The molecule has 129 heavy (non-hydrogen) atoms. The number of hydrogen-bond acceptors (Lipinski definition) is 25. The maximum atomic E-state index is 11.5. The van der Waals surface area contributed by atoms with Crippen molar-refractivity contribution in [2.24, 2.45) is 41.4 Å². The van der Waals surface area contributed by atoms with Gasteiger partial charge in [0.1, 0.15) is 37.8 Å². The fourth-order valence-corrected chi connectivity index (χ4v) is 9.08. The van der Waals surface area contributed by atoms with Crippen molar-refractivity contribution >= 4 is 71.1 Å². The van der Waals surface area contributed by atoms with Crippen LogP contribution >= 0.6 is 11.8 Å². The summed E-state index contributed by atoms with van der Waals surface area (Å²) in [7, 11) is 7.49. The van der Waals surface area contributed by atoms with Gasteiger partial charge in [-0.25, -0.2) is 9.59 Å². The fraction of sp³-hybridized carbons (Fsp3) is 0.898. The zero-order valence-electron chi connectivity index (χ0n) is 87.1. The highest BCUT2D eigenvalue weighted by Crippen LogP contribution is 2.11. The van der Waals surface area contributed by atoms with Gasteiger partial charge in [-0.3, -0.25) is 38.4 Å². The summed E-state index contributed by atoms with van der Waals surface area (Å²) >= 11 is 1.81. The predicted octanol–water partition coefficient (Wildman–Crippen LogP) is 18.6. The van der Waals surface area contributed by atoms with Gasteiger partial charge in [0.25, 0.3) is 0 Å². The van der Waals surface area contributed by atoms with E-state index < -0.39 is 18.3 Å². The second-order valence-corrected chi connectivity index (χ2v) is 32.7. The minimum Gasteiger partial charge on any atom is -0.469 e. The van der Waals surface area contributed by atoms with Crippen molar-refractivity contribution in [3.05, 3.63) is 0 Å². The second kappa shape index (κ2) is 123. The van der Waals surface area contributed by atoms with Crippen molar-refractivity contribution in [3.8, 4) is 0 Å². The first kappa shape index (κ1) is 147. The molecule has 0 aromatic heterocycles. The van der Waals surface area contributed by atoms with E-state index >= 15 is 0 Å². The molecule has 30 nitrogen and oxygen atoms in total. The van der Waals surface area contributed by atoms with Crippen LogP contribution in [0.3, 0.4) is 0 Å². The normalized spacial score (nSPS) is 12.0. The number of esters is 2. The first-order chi connectivity index (χ1) is 61.1. The highest BCUT2D eigenvalue weighted by molar-refractivity contribution is 7.99. The van der Waals surface area contributed by atoms with E-state index in [2.05, 4.69) is 147 Å². The highest BCUT2D eigenvalue weighted by Gasteiger charge is 2.17. The van der Waals surface area contributed by atoms with E-state index in [-0.39, 0.29) is 80.5 Å². The molecular formula is C98H204N6O24S. The monoisotopic (exact) mass is 1880 g/mol. The number of carbonyl (C=O) groups is 10. The smallest absolute Gasteiger partial charge is 0.406 e. The Morgan fingerprint density at radius 3 is 1.12 bits per heavy atom. The Kier molecular flexibility index (Phi) is 139. The Labute approximate surface area is 793 Å². The number of ether oxygens (including phenoxy) is 14. The number of unbranched alkanes of at least 4 members (excludes halogenated alkanes) is 4. The number of carbonyl (C=O) groups excluding carboxylic acids is 10. The lowest BCUT2D eigenvalue weighted by Gasteiger charge is -2.20. The Bertz CT molecular complexity index is 2340. The number of ketones is 2. The molecule has 0 heterocycles. The first-order valence-electron chi connectivity index (χ1n) is 48.4. The number of nitrogens with one attached hydrogen (secondary N) is 6. The average molecular weight is 1880 g/mol. The molecule has 0 saturated carbocycles. The molecule has 0 rings (SSSR count). The Balaban J connectivity index is -0.000000138. The molecule has 0 aromatic rings. The van der Waals surface area contributed by atoms with Gasteiger partial charge in [-0.2, -0.15) is 11.8 Å². The number of alkyl carbamates (subject to hydrolysis) is 2. The summed E-state index contributed by atoms with van der Waals surface area (Å²) in [5.74, 6) is 6.23. The molecule has 0 aromatic carbocycles. The number of Topliss-reactive ketones (excluding diaryl/α,β-unsaturated/α-hetero) is 2. The molecular weight excluding hydrogens is 1680 g/mol. The Morgan fingerprint density at radius 2 is 0.736 bits per heavy atom. The molecule has 6 N–H and O–H groups in total. The van der Waals surface area contributed by atoms with Crippen LogP contribution in [0.25, 0.3) is 0 Å². The molecule has 0 aliphatic carbocycles. The summed E-state index contributed by atoms with van der Waals surface area (Å²) in [6, 6.07) is 0. The van der Waals surface area contributed by atoms with Gasteiger partial charge in [-0.1, -0.05) is 204 Å². The van der Waals surface area contributed by atoms with E-state index in [1.165, 1.54) is 67.2 Å². The predicted molar refractivity (Wildman–Crippen MR) is 529 cm³/mol. The highest BCUT2D eigenvalue weighted by atomic mass is 32.2. The summed E-state index contributed by atoms with van der Waals surface area (Å²) in [4.78, 5) is 108. The van der Waals surface area contributed by atoms with Gasteiger partial charge in [0, 0.05) is 185 Å². The quantitative estimate of drug-likeness (QED) is 0.0187. The topological polar surface area (TPSA) is 372 Å². The third-order valence-electron chi connectivity index (χ3n) is 18.3. The van der Waals surface area contributed by atoms with Crippen LogP contribution < -0.4 is 31.9 Å². The third kappa shape index (κ3) is 143. The van der Waals surface area contributed by atoms with Crippen molar-refractivity contribution in [2.45, 2.75) is 340 Å². The number of amides is 6. The van der Waals surface area contributed by atoms with E-state index in [0.717, 1.165) is 166 Å². The van der Waals surface area contributed by atoms with Crippen LogP contribution in [0.5, 0.6) is 0 Å². The number of hydrogen-bond donors (Lipinski definition) is 6. The van der Waals surface area contributed by atoms with Gasteiger partial charge in [0.15, 0.2) is 5.78 Å². The fourth-order valence-electron chi connectivity index (χ4n) is 8.22. The van der Waals surface area contributed by atoms with E-state index in [9.17, 15) is 47.9 Å². The van der Waals surface area contributed by atoms with Gasteiger partial charge >= 0.3 is 24.1 Å². The van der Waals surface area contributed by atoms with Gasteiger partial charge in [0.2, 0.25) is 23.6 Å². The van der Waals surface area contributed by atoms with Crippen molar-refractivity contribution in [1.82, 2.24) is 31.9 Å². The maximum absolute atomic E-state index is 11.5. The van der Waals surface area contributed by atoms with Gasteiger partial charge < -0.3 is 98.2 Å². The first-order valence-corrected chi connectivity index (χ1v) is 49.5. The number of rotatable bonds is 69. The molecule has 0 bridgehead atoms. The minimum absolute atomic E-state index is 0. The number of thioether (sulfide) groups is 1. The minimum atomic E-state index is -0.691. The lowest BCUT2D eigenvalue weighted by atomic mass is 10.1. The molecule has 6 amide bonds. The molecule has 31 heteroatoms. The van der Waals surface area contributed by atoms with Crippen LogP contribution in [0.1, 0.15) is 328 Å². The SMILES string of the molecule is C.CCC(=O)NCCOC.CCC(=O)NCCOCC(C)CC.CCCC(=O)CCC(=O)NCCCCCOCC(C)CC.CCCC(=O)OCC(C)CC.CCCCCOCC(C)CC.CCCOC.CCNC(=O)CCSCCCOC(COCC(C)CC)COCC(C)CC.CCOCC(C)CC.CNC(=O)OCC(COC(=O)NC)OCC(C)=O.COC(C)=O. The van der Waals surface area contributed by atoms with Crippen LogP contribution in [0, 0.1) is 41.4 Å². The molecule has 776 valence electrons. The lowest BCUT2D eigenvalue weighted by Crippen LogP contribution is -2.33. The van der Waals surface area contributed by atoms with E-state index in [1.807, 2.05) is 41.5 Å². The van der Waals surface area contributed by atoms with Crippen LogP contribution in [-0.2, 0) is 105 Å². The molecule has 0 radical (unpaired) electrons. The van der Waals surface area contributed by atoms with Gasteiger partial charge in [-0.05, 0) is 119 Å².